The van der Waals surface area contributed by atoms with Crippen molar-refractivity contribution >= 4 is 19.6 Å². The number of hydrogen-bond donors (Lipinski definition) is 0. The van der Waals surface area contributed by atoms with Crippen LogP contribution in [0.5, 0.6) is 0 Å². The highest BCUT2D eigenvalue weighted by Crippen LogP contribution is 2.29. The minimum Gasteiger partial charge on any atom is -0.293 e. The van der Waals surface area contributed by atoms with Crippen molar-refractivity contribution in [2.24, 2.45) is 16.8 Å². The Morgan fingerprint density at radius 2 is 2.06 bits per heavy atom. The summed E-state index contributed by atoms with van der Waals surface area (Å²) in [5, 5.41) is 0. The van der Waals surface area contributed by atoms with Crippen LogP contribution < -0.4 is 0 Å². The number of carbonyl (C=O) groups excluding carboxylic acids is 1. The minimum absolute atomic E-state index is 0.239. The van der Waals surface area contributed by atoms with E-state index in [1.807, 2.05) is 0 Å². The highest BCUT2D eigenvalue weighted by Gasteiger charge is 2.30. The molecule has 0 N–H and O–H groups in total. The molecule has 1 rings (SSSR count). The first-order valence-electron chi connectivity index (χ1n) is 6.96. The molecule has 0 aliphatic carbocycles. The van der Waals surface area contributed by atoms with Gasteiger partial charge in [0, 0.05) is 27.0 Å². The Morgan fingerprint density at radius 3 is 2.56 bits per heavy atom. The van der Waals surface area contributed by atoms with Gasteiger partial charge in [0.1, 0.15) is 0 Å². The predicted molar refractivity (Wildman–Crippen MR) is 82.2 cm³/mol. The van der Waals surface area contributed by atoms with Crippen LogP contribution in [0, 0.1) is 11.8 Å². The zero-order valence-electron chi connectivity index (χ0n) is 12.5. The summed E-state index contributed by atoms with van der Waals surface area (Å²) >= 11 is 0. The summed E-state index contributed by atoms with van der Waals surface area (Å²) in [5.41, 5.74) is 2.05. The first kappa shape index (κ1) is 15.4. The number of hydrogen-bond acceptors (Lipinski definition) is 2. The number of aliphatic imine (C=N–C) groups is 1. The quantitative estimate of drug-likeness (QED) is 0.528. The summed E-state index contributed by atoms with van der Waals surface area (Å²) in [5.74, 6) is 0.888. The van der Waals surface area contributed by atoms with Gasteiger partial charge in [-0.25, -0.2) is 0 Å². The van der Waals surface area contributed by atoms with Crippen LogP contribution in [0.25, 0.3) is 0 Å². The molecule has 0 saturated carbocycles. The van der Waals surface area contributed by atoms with Gasteiger partial charge in [-0.1, -0.05) is 45.6 Å². The van der Waals surface area contributed by atoms with E-state index in [-0.39, 0.29) is 11.7 Å². The molecule has 0 fully saturated rings. The van der Waals surface area contributed by atoms with Gasteiger partial charge in [-0.05, 0) is 18.4 Å². The van der Waals surface area contributed by atoms with E-state index in [1.54, 1.807) is 0 Å². The molecule has 0 radical (unpaired) electrons. The molecule has 102 valence electrons. The van der Waals surface area contributed by atoms with Gasteiger partial charge in [0.25, 0.3) is 0 Å². The highest BCUT2D eigenvalue weighted by molar-refractivity contribution is 6.76. The molecule has 2 nitrogen and oxygen atoms in total. The second-order valence-corrected chi connectivity index (χ2v) is 12.5. The monoisotopic (exact) mass is 265 g/mol. The molecule has 0 aromatic rings. The Bertz CT molecular complexity index is 363. The molecule has 0 bridgehead atoms. The zero-order valence-corrected chi connectivity index (χ0v) is 13.5. The van der Waals surface area contributed by atoms with E-state index in [4.69, 9.17) is 0 Å². The number of nitrogens with zero attached hydrogens (tertiary/aromatic N) is 1. The summed E-state index contributed by atoms with van der Waals surface area (Å²) in [7, 11) is -1.15. The number of allylic oxidation sites excluding steroid dienone is 1. The van der Waals surface area contributed by atoms with Crippen LogP contribution in [-0.4, -0.2) is 26.1 Å². The molecule has 0 spiro atoms. The summed E-state index contributed by atoms with van der Waals surface area (Å²) in [4.78, 5) is 16.6. The predicted octanol–water partition coefficient (Wildman–Crippen LogP) is 3.96. The lowest BCUT2D eigenvalue weighted by atomic mass is 9.90. The minimum atomic E-state index is -1.15. The highest BCUT2D eigenvalue weighted by atomic mass is 28.3. The lowest BCUT2D eigenvalue weighted by Gasteiger charge is -2.22. The third-order valence-electron chi connectivity index (χ3n) is 3.16. The molecule has 3 heteroatoms. The van der Waals surface area contributed by atoms with Crippen molar-refractivity contribution in [1.29, 1.82) is 0 Å². The average molecular weight is 265 g/mol. The SMILES string of the molecule is C=C(C[Si](C)(C)C)C1CCN=C1C(=O)CC(C)C. The van der Waals surface area contributed by atoms with E-state index >= 15 is 0 Å². The lowest BCUT2D eigenvalue weighted by molar-refractivity contribution is -0.113. The molecule has 0 aromatic heterocycles. The number of Topliss-reactive ketones (excluding diaryl/α,β-unsaturated/α-hetero) is 1. The molecule has 0 saturated heterocycles. The van der Waals surface area contributed by atoms with Crippen LogP contribution in [0.15, 0.2) is 17.1 Å². The Morgan fingerprint density at radius 1 is 1.44 bits per heavy atom. The van der Waals surface area contributed by atoms with Crippen molar-refractivity contribution in [3.63, 3.8) is 0 Å². The van der Waals surface area contributed by atoms with E-state index in [9.17, 15) is 4.79 Å². The summed E-state index contributed by atoms with van der Waals surface area (Å²) in [6.45, 7) is 16.2. The van der Waals surface area contributed by atoms with E-state index in [1.165, 1.54) is 5.57 Å². The summed E-state index contributed by atoms with van der Waals surface area (Å²) in [6.07, 6.45) is 1.61. The third-order valence-corrected chi connectivity index (χ3v) is 4.67. The van der Waals surface area contributed by atoms with Crippen LogP contribution in [-0.2, 0) is 4.79 Å². The van der Waals surface area contributed by atoms with Gasteiger partial charge in [-0.3, -0.25) is 9.79 Å². The van der Waals surface area contributed by atoms with Gasteiger partial charge in [0.15, 0.2) is 5.78 Å². The van der Waals surface area contributed by atoms with Crippen molar-refractivity contribution in [3.8, 4) is 0 Å². The van der Waals surface area contributed by atoms with Crippen molar-refractivity contribution < 1.29 is 4.79 Å². The molecule has 18 heavy (non-hydrogen) atoms. The second kappa shape index (κ2) is 5.96. The Kier molecular flexibility index (Phi) is 5.08. The standard InChI is InChI=1S/C15H27NOSi/c1-11(2)9-14(17)15-13(7-8-16-15)12(3)10-18(4,5)6/h11,13H,3,7-10H2,1-2,4-6H3. The van der Waals surface area contributed by atoms with E-state index < -0.39 is 8.07 Å². The van der Waals surface area contributed by atoms with E-state index in [0.717, 1.165) is 24.7 Å². The van der Waals surface area contributed by atoms with Crippen LogP contribution in [0.3, 0.4) is 0 Å². The molecule has 0 amide bonds. The third kappa shape index (κ3) is 4.52. The smallest absolute Gasteiger partial charge is 0.177 e. The van der Waals surface area contributed by atoms with Crippen molar-refractivity contribution in [1.82, 2.24) is 0 Å². The van der Waals surface area contributed by atoms with Gasteiger partial charge in [-0.2, -0.15) is 0 Å². The lowest BCUT2D eigenvalue weighted by Crippen LogP contribution is -2.27. The van der Waals surface area contributed by atoms with Gasteiger partial charge in [0.2, 0.25) is 0 Å². The molecule has 1 aliphatic rings. The zero-order chi connectivity index (χ0) is 13.9. The molecule has 0 aromatic carbocycles. The normalized spacial score (nSPS) is 20.1. The maximum absolute atomic E-state index is 12.2. The van der Waals surface area contributed by atoms with Crippen molar-refractivity contribution in [2.75, 3.05) is 6.54 Å². The molecule has 1 unspecified atom stereocenters. The Labute approximate surface area is 113 Å². The van der Waals surface area contributed by atoms with Crippen LogP contribution in [0.1, 0.15) is 26.7 Å². The second-order valence-electron chi connectivity index (χ2n) is 7.03. The Hall–Kier alpha value is -0.703. The van der Waals surface area contributed by atoms with Gasteiger partial charge >= 0.3 is 0 Å². The fourth-order valence-corrected chi connectivity index (χ4v) is 4.13. The first-order valence-corrected chi connectivity index (χ1v) is 10.7. The number of rotatable bonds is 6. The molecule has 1 heterocycles. The summed E-state index contributed by atoms with van der Waals surface area (Å²) < 4.78 is 0. The maximum Gasteiger partial charge on any atom is 0.177 e. The largest absolute Gasteiger partial charge is 0.293 e. The molecular weight excluding hydrogens is 238 g/mol. The van der Waals surface area contributed by atoms with Crippen LogP contribution in [0.2, 0.25) is 25.7 Å². The number of ketones is 1. The topological polar surface area (TPSA) is 29.4 Å². The van der Waals surface area contributed by atoms with Gasteiger partial charge in [-0.15, -0.1) is 0 Å². The summed E-state index contributed by atoms with van der Waals surface area (Å²) in [6, 6.07) is 1.10. The molecule has 1 atom stereocenters. The first-order chi connectivity index (χ1) is 8.20. The van der Waals surface area contributed by atoms with E-state index in [2.05, 4.69) is 45.1 Å². The van der Waals surface area contributed by atoms with Crippen LogP contribution >= 0.6 is 0 Å². The van der Waals surface area contributed by atoms with Crippen LogP contribution in [0.4, 0.5) is 0 Å². The van der Waals surface area contributed by atoms with Gasteiger partial charge in [0.05, 0.1) is 5.71 Å². The fourth-order valence-electron chi connectivity index (χ4n) is 2.52. The van der Waals surface area contributed by atoms with Crippen molar-refractivity contribution in [3.05, 3.63) is 12.2 Å². The molecule has 1 aliphatic heterocycles. The number of carbonyl (C=O) groups is 1. The Balaban J connectivity index is 2.70. The van der Waals surface area contributed by atoms with Gasteiger partial charge < -0.3 is 0 Å². The van der Waals surface area contributed by atoms with E-state index in [0.29, 0.717) is 12.3 Å². The molecular formula is C15H27NOSi. The fraction of sp³-hybridized carbons (Fsp3) is 0.733. The average Bonchev–Trinajstić information content (AvgIpc) is 2.61. The van der Waals surface area contributed by atoms with Crippen molar-refractivity contribution in [2.45, 2.75) is 52.4 Å². The maximum atomic E-state index is 12.2.